The van der Waals surface area contributed by atoms with Gasteiger partial charge in [-0.25, -0.2) is 0 Å². The van der Waals surface area contributed by atoms with Gasteiger partial charge in [0.25, 0.3) is 5.91 Å². The van der Waals surface area contributed by atoms with Crippen molar-refractivity contribution in [1.29, 1.82) is 0 Å². The first-order valence-electron chi connectivity index (χ1n) is 9.09. The van der Waals surface area contributed by atoms with Crippen LogP contribution in [-0.4, -0.2) is 33.6 Å². The van der Waals surface area contributed by atoms with Gasteiger partial charge in [-0.15, -0.1) is 11.3 Å². The van der Waals surface area contributed by atoms with Crippen molar-refractivity contribution in [2.75, 3.05) is 6.54 Å². The van der Waals surface area contributed by atoms with Gasteiger partial charge in [0.2, 0.25) is 11.7 Å². The van der Waals surface area contributed by atoms with Gasteiger partial charge in [-0.2, -0.15) is 4.98 Å². The van der Waals surface area contributed by atoms with E-state index in [4.69, 9.17) is 20.9 Å². The van der Waals surface area contributed by atoms with Gasteiger partial charge in [0, 0.05) is 11.6 Å². The fourth-order valence-electron chi connectivity index (χ4n) is 2.70. The normalized spacial score (nSPS) is 12.0. The molecule has 0 saturated heterocycles. The smallest absolute Gasteiger partial charge is 0.264 e. The number of ether oxygens (including phenoxy) is 1. The summed E-state index contributed by atoms with van der Waals surface area (Å²) in [5, 5.41) is 6.62. The molecule has 6 nitrogen and oxygen atoms in total. The second-order valence-electron chi connectivity index (χ2n) is 6.27. The number of aromatic nitrogens is 2. The molecule has 3 aromatic rings. The standard InChI is InChI=1S/C20H22ClN3O3S/c1-4-16(26-14-8-9-15(21)13(3)11-14)20(25)24(5-2)12-18-22-19(23-27-18)17-7-6-10-28-17/h6-11,16H,4-5,12H2,1-3H3. The van der Waals surface area contributed by atoms with E-state index in [0.29, 0.717) is 35.5 Å². The molecule has 0 N–H and O–H groups in total. The van der Waals surface area contributed by atoms with Crippen LogP contribution in [0.3, 0.4) is 0 Å². The predicted molar refractivity (Wildman–Crippen MR) is 110 cm³/mol. The predicted octanol–water partition coefficient (Wildman–Crippen LogP) is 4.97. The van der Waals surface area contributed by atoms with Gasteiger partial charge >= 0.3 is 0 Å². The van der Waals surface area contributed by atoms with Crippen LogP contribution in [0.2, 0.25) is 5.02 Å². The monoisotopic (exact) mass is 419 g/mol. The lowest BCUT2D eigenvalue weighted by Gasteiger charge is -2.25. The largest absolute Gasteiger partial charge is 0.481 e. The molecule has 28 heavy (non-hydrogen) atoms. The van der Waals surface area contributed by atoms with Crippen molar-refractivity contribution in [3.05, 3.63) is 52.2 Å². The van der Waals surface area contributed by atoms with Crippen molar-refractivity contribution in [1.82, 2.24) is 15.0 Å². The molecule has 0 radical (unpaired) electrons. The molecule has 0 fully saturated rings. The first-order valence-corrected chi connectivity index (χ1v) is 10.4. The van der Waals surface area contributed by atoms with E-state index in [9.17, 15) is 4.79 Å². The molecular weight excluding hydrogens is 398 g/mol. The molecule has 2 heterocycles. The minimum absolute atomic E-state index is 0.117. The van der Waals surface area contributed by atoms with Gasteiger partial charge in [-0.3, -0.25) is 4.79 Å². The number of likely N-dealkylation sites (N-methyl/N-ethyl adjacent to an activating group) is 1. The number of hydrogen-bond donors (Lipinski definition) is 0. The van der Waals surface area contributed by atoms with E-state index in [1.807, 2.05) is 44.4 Å². The van der Waals surface area contributed by atoms with Crippen molar-refractivity contribution >= 4 is 28.8 Å². The molecule has 1 amide bonds. The Labute approximate surface area is 173 Å². The lowest BCUT2D eigenvalue weighted by Crippen LogP contribution is -2.41. The van der Waals surface area contributed by atoms with Crippen LogP contribution in [0, 0.1) is 6.92 Å². The Balaban J connectivity index is 1.69. The number of thiophene rings is 1. The highest BCUT2D eigenvalue weighted by Crippen LogP contribution is 2.24. The van der Waals surface area contributed by atoms with Crippen molar-refractivity contribution in [2.45, 2.75) is 39.8 Å². The summed E-state index contributed by atoms with van der Waals surface area (Å²) in [6.07, 6.45) is -0.0541. The molecule has 0 aliphatic heterocycles. The number of carbonyl (C=O) groups is 1. The number of amides is 1. The molecule has 1 atom stereocenters. The minimum Gasteiger partial charge on any atom is -0.481 e. The van der Waals surface area contributed by atoms with E-state index >= 15 is 0 Å². The first kappa shape index (κ1) is 20.4. The Morgan fingerprint density at radius 3 is 2.82 bits per heavy atom. The van der Waals surface area contributed by atoms with Crippen molar-refractivity contribution in [3.63, 3.8) is 0 Å². The highest BCUT2D eigenvalue weighted by molar-refractivity contribution is 7.13. The molecule has 0 aliphatic carbocycles. The minimum atomic E-state index is -0.597. The molecular formula is C20H22ClN3O3S. The summed E-state index contributed by atoms with van der Waals surface area (Å²) >= 11 is 7.60. The number of rotatable bonds is 8. The van der Waals surface area contributed by atoms with Crippen molar-refractivity contribution in [2.24, 2.45) is 0 Å². The van der Waals surface area contributed by atoms with Crippen LogP contribution < -0.4 is 4.74 Å². The van der Waals surface area contributed by atoms with E-state index in [1.54, 1.807) is 17.0 Å². The third kappa shape index (κ3) is 4.72. The van der Waals surface area contributed by atoms with Crippen LogP contribution in [-0.2, 0) is 11.3 Å². The summed E-state index contributed by atoms with van der Waals surface area (Å²) in [7, 11) is 0. The van der Waals surface area contributed by atoms with Crippen LogP contribution in [0.25, 0.3) is 10.7 Å². The fourth-order valence-corrected chi connectivity index (χ4v) is 3.47. The van der Waals surface area contributed by atoms with Gasteiger partial charge in [0.15, 0.2) is 6.10 Å². The molecule has 3 rings (SSSR count). The lowest BCUT2D eigenvalue weighted by molar-refractivity contribution is -0.139. The van der Waals surface area contributed by atoms with Gasteiger partial charge in [0.05, 0.1) is 4.88 Å². The number of halogens is 1. The molecule has 148 valence electrons. The third-order valence-corrected chi connectivity index (χ3v) is 5.57. The maximum absolute atomic E-state index is 13.0. The van der Waals surface area contributed by atoms with Gasteiger partial charge < -0.3 is 14.2 Å². The van der Waals surface area contributed by atoms with Crippen LogP contribution in [0.4, 0.5) is 0 Å². The Kier molecular flexibility index (Phi) is 6.70. The highest BCUT2D eigenvalue weighted by Gasteiger charge is 2.26. The second-order valence-corrected chi connectivity index (χ2v) is 7.62. The lowest BCUT2D eigenvalue weighted by atomic mass is 10.2. The van der Waals surface area contributed by atoms with Crippen molar-refractivity contribution in [3.8, 4) is 16.5 Å². The molecule has 1 unspecified atom stereocenters. The molecule has 0 bridgehead atoms. The highest BCUT2D eigenvalue weighted by atomic mass is 35.5. The van der Waals surface area contributed by atoms with Crippen LogP contribution in [0.5, 0.6) is 5.75 Å². The number of hydrogen-bond acceptors (Lipinski definition) is 6. The zero-order chi connectivity index (χ0) is 20.1. The number of benzene rings is 1. The van der Waals surface area contributed by atoms with Crippen LogP contribution in [0.1, 0.15) is 31.7 Å². The Bertz CT molecular complexity index is 927. The number of nitrogens with zero attached hydrogens (tertiary/aromatic N) is 3. The Hall–Kier alpha value is -2.38. The molecule has 2 aromatic heterocycles. The van der Waals surface area contributed by atoms with E-state index in [0.717, 1.165) is 10.4 Å². The summed E-state index contributed by atoms with van der Waals surface area (Å²) < 4.78 is 11.3. The van der Waals surface area contributed by atoms with Gasteiger partial charge in [0.1, 0.15) is 12.3 Å². The van der Waals surface area contributed by atoms with Crippen LogP contribution >= 0.6 is 22.9 Å². The summed E-state index contributed by atoms with van der Waals surface area (Å²) in [5.74, 6) is 1.44. The summed E-state index contributed by atoms with van der Waals surface area (Å²) in [4.78, 5) is 20.0. The first-order chi connectivity index (χ1) is 13.5. The number of carbonyl (C=O) groups excluding carboxylic acids is 1. The second kappa shape index (κ2) is 9.21. The topological polar surface area (TPSA) is 68.5 Å². The van der Waals surface area contributed by atoms with Gasteiger partial charge in [-0.1, -0.05) is 29.7 Å². The third-order valence-electron chi connectivity index (χ3n) is 4.28. The Morgan fingerprint density at radius 1 is 1.36 bits per heavy atom. The maximum Gasteiger partial charge on any atom is 0.264 e. The summed E-state index contributed by atoms with van der Waals surface area (Å²) in [6, 6.07) is 9.23. The molecule has 8 heteroatoms. The SMILES string of the molecule is CCC(Oc1ccc(Cl)c(C)c1)C(=O)N(CC)Cc1nc(-c2cccs2)no1. The summed E-state index contributed by atoms with van der Waals surface area (Å²) in [6.45, 7) is 6.48. The zero-order valence-electron chi connectivity index (χ0n) is 16.0. The van der Waals surface area contributed by atoms with Gasteiger partial charge in [-0.05, 0) is 55.5 Å². The fraction of sp³-hybridized carbons (Fsp3) is 0.350. The van der Waals surface area contributed by atoms with Crippen LogP contribution in [0.15, 0.2) is 40.2 Å². The Morgan fingerprint density at radius 2 is 2.18 bits per heavy atom. The van der Waals surface area contributed by atoms with E-state index in [2.05, 4.69) is 10.1 Å². The summed E-state index contributed by atoms with van der Waals surface area (Å²) in [5.41, 5.74) is 0.904. The average Bonchev–Trinajstić information content (AvgIpc) is 3.38. The molecule has 0 aliphatic rings. The van der Waals surface area contributed by atoms with Crippen molar-refractivity contribution < 1.29 is 14.1 Å². The number of aryl methyl sites for hydroxylation is 1. The maximum atomic E-state index is 13.0. The molecule has 0 saturated carbocycles. The van der Waals surface area contributed by atoms with E-state index in [1.165, 1.54) is 11.3 Å². The van der Waals surface area contributed by atoms with E-state index in [-0.39, 0.29) is 12.5 Å². The quantitative estimate of drug-likeness (QED) is 0.515. The zero-order valence-corrected chi connectivity index (χ0v) is 17.6. The van der Waals surface area contributed by atoms with E-state index < -0.39 is 6.10 Å². The molecule has 0 spiro atoms. The average molecular weight is 420 g/mol. The molecule has 1 aromatic carbocycles.